The van der Waals surface area contributed by atoms with Gasteiger partial charge in [0.2, 0.25) is 0 Å². The molecule has 1 aromatic carbocycles. The molecule has 8 heteroatoms. The number of amides is 1. The van der Waals surface area contributed by atoms with Crippen molar-refractivity contribution in [2.45, 2.75) is 56.7 Å². The number of hydrogen-bond acceptors (Lipinski definition) is 6. The Balaban J connectivity index is 1.64. The number of pyridine rings is 2. The summed E-state index contributed by atoms with van der Waals surface area (Å²) in [6.07, 6.45) is 7.25. The van der Waals surface area contributed by atoms with E-state index in [4.69, 9.17) is 11.6 Å². The number of nitroso groups, excluding NO2 is 1. The van der Waals surface area contributed by atoms with E-state index in [1.807, 2.05) is 24.3 Å². The molecule has 5 rings (SSSR count). The highest BCUT2D eigenvalue weighted by molar-refractivity contribution is 6.29. The number of fused-ring (bicyclic) bond motifs is 3. The van der Waals surface area contributed by atoms with Crippen LogP contribution in [0.5, 0.6) is 0 Å². The molecule has 1 N–H and O–H groups in total. The van der Waals surface area contributed by atoms with Crippen LogP contribution in [-0.4, -0.2) is 44.6 Å². The zero-order valence-corrected chi connectivity index (χ0v) is 18.9. The zero-order chi connectivity index (χ0) is 22.9. The molecule has 33 heavy (non-hydrogen) atoms. The average molecular weight is 465 g/mol. The van der Waals surface area contributed by atoms with Crippen LogP contribution in [0.2, 0.25) is 5.15 Å². The van der Waals surface area contributed by atoms with Gasteiger partial charge in [-0.15, -0.1) is 0 Å². The van der Waals surface area contributed by atoms with Gasteiger partial charge in [-0.1, -0.05) is 41.8 Å². The summed E-state index contributed by atoms with van der Waals surface area (Å²) >= 11 is 5.94. The van der Waals surface area contributed by atoms with Crippen molar-refractivity contribution in [2.24, 2.45) is 5.18 Å². The van der Waals surface area contributed by atoms with Crippen molar-refractivity contribution in [3.63, 3.8) is 0 Å². The first-order chi connectivity index (χ1) is 16.1. The molecule has 7 nitrogen and oxygen atoms in total. The highest BCUT2D eigenvalue weighted by Gasteiger charge is 2.44. The quantitative estimate of drug-likeness (QED) is 0.416. The summed E-state index contributed by atoms with van der Waals surface area (Å²) in [4.78, 5) is 35.4. The molecule has 2 aliphatic rings. The fourth-order valence-corrected chi connectivity index (χ4v) is 5.52. The molecule has 0 spiro atoms. The Bertz CT molecular complexity index is 1200. The monoisotopic (exact) mass is 464 g/mol. The van der Waals surface area contributed by atoms with E-state index in [0.29, 0.717) is 30.0 Å². The van der Waals surface area contributed by atoms with Crippen LogP contribution < -0.4 is 0 Å². The maximum Gasteiger partial charge on any atom is 0.255 e. The lowest BCUT2D eigenvalue weighted by atomic mass is 9.89. The third-order valence-electron chi connectivity index (χ3n) is 6.88. The lowest BCUT2D eigenvalue weighted by Gasteiger charge is -2.38. The molecule has 3 atom stereocenters. The van der Waals surface area contributed by atoms with Crippen LogP contribution in [0.1, 0.15) is 65.2 Å². The van der Waals surface area contributed by atoms with Crippen molar-refractivity contribution >= 4 is 28.4 Å². The summed E-state index contributed by atoms with van der Waals surface area (Å²) < 4.78 is 0. The van der Waals surface area contributed by atoms with Crippen molar-refractivity contribution in [1.29, 1.82) is 0 Å². The zero-order valence-electron chi connectivity index (χ0n) is 18.2. The molecule has 170 valence electrons. The predicted molar refractivity (Wildman–Crippen MR) is 126 cm³/mol. The number of halogens is 1. The fraction of sp³-hybridized carbons (Fsp3) is 0.400. The molecule has 1 amide bonds. The topological polar surface area (TPSA) is 95.8 Å². The van der Waals surface area contributed by atoms with Gasteiger partial charge < -0.3 is 10.0 Å². The second kappa shape index (κ2) is 9.15. The summed E-state index contributed by atoms with van der Waals surface area (Å²) in [7, 11) is 0. The lowest BCUT2D eigenvalue weighted by Crippen LogP contribution is -2.47. The molecule has 1 aliphatic carbocycles. The minimum absolute atomic E-state index is 0.100. The molecule has 3 heterocycles. The Morgan fingerprint density at radius 3 is 2.79 bits per heavy atom. The van der Waals surface area contributed by atoms with Gasteiger partial charge in [-0.3, -0.25) is 9.78 Å². The van der Waals surface area contributed by atoms with Crippen molar-refractivity contribution in [1.82, 2.24) is 14.9 Å². The van der Waals surface area contributed by atoms with Crippen LogP contribution in [0.4, 0.5) is 0 Å². The van der Waals surface area contributed by atoms with Gasteiger partial charge >= 0.3 is 0 Å². The second-order valence-electron chi connectivity index (χ2n) is 8.85. The number of aromatic nitrogens is 2. The van der Waals surface area contributed by atoms with E-state index in [0.717, 1.165) is 46.9 Å². The maximum absolute atomic E-state index is 13.8. The van der Waals surface area contributed by atoms with E-state index in [1.54, 1.807) is 23.4 Å². The first-order valence-electron chi connectivity index (χ1n) is 11.4. The molecule has 1 unspecified atom stereocenters. The van der Waals surface area contributed by atoms with Crippen LogP contribution in [-0.2, 0) is 6.42 Å². The summed E-state index contributed by atoms with van der Waals surface area (Å²) in [5.41, 5.74) is 4.18. The highest BCUT2D eigenvalue weighted by atomic mass is 35.5. The van der Waals surface area contributed by atoms with E-state index >= 15 is 0 Å². The van der Waals surface area contributed by atoms with Gasteiger partial charge in [0.1, 0.15) is 5.15 Å². The van der Waals surface area contributed by atoms with Crippen LogP contribution in [0.15, 0.2) is 47.9 Å². The van der Waals surface area contributed by atoms with Gasteiger partial charge in [-0.2, -0.15) is 4.91 Å². The molecule has 2 aromatic heterocycles. The van der Waals surface area contributed by atoms with E-state index in [2.05, 4.69) is 15.1 Å². The number of benzene rings is 1. The fourth-order valence-electron chi connectivity index (χ4n) is 5.40. The number of aliphatic hydroxyl groups is 1. The van der Waals surface area contributed by atoms with E-state index in [-0.39, 0.29) is 24.5 Å². The smallest absolute Gasteiger partial charge is 0.255 e. The number of rotatable bonds is 6. The normalized spacial score (nSPS) is 22.5. The van der Waals surface area contributed by atoms with Crippen LogP contribution >= 0.6 is 11.6 Å². The number of nitrogens with zero attached hydrogens (tertiary/aromatic N) is 4. The third kappa shape index (κ3) is 4.00. The maximum atomic E-state index is 13.8. The van der Waals surface area contributed by atoms with Crippen LogP contribution in [0.3, 0.4) is 0 Å². The van der Waals surface area contributed by atoms with Gasteiger partial charge in [-0.05, 0) is 55.0 Å². The largest absolute Gasteiger partial charge is 0.391 e. The van der Waals surface area contributed by atoms with Crippen molar-refractivity contribution in [3.05, 3.63) is 75.0 Å². The second-order valence-corrected chi connectivity index (χ2v) is 9.24. The van der Waals surface area contributed by atoms with E-state index in [1.165, 1.54) is 0 Å². The molecule has 1 aliphatic heterocycles. The van der Waals surface area contributed by atoms with Gasteiger partial charge in [0.05, 0.1) is 30.2 Å². The molecular weight excluding hydrogens is 440 g/mol. The number of aliphatic hydroxyl groups excluding tert-OH is 1. The van der Waals surface area contributed by atoms with Crippen LogP contribution in [0.25, 0.3) is 10.9 Å². The van der Waals surface area contributed by atoms with Gasteiger partial charge in [0.15, 0.2) is 0 Å². The summed E-state index contributed by atoms with van der Waals surface area (Å²) in [5, 5.41) is 15.2. The van der Waals surface area contributed by atoms with Gasteiger partial charge in [0, 0.05) is 28.9 Å². The molecule has 0 bridgehead atoms. The Kier molecular flexibility index (Phi) is 6.08. The third-order valence-corrected chi connectivity index (χ3v) is 7.10. The molecule has 0 radical (unpaired) electrons. The van der Waals surface area contributed by atoms with Crippen molar-refractivity contribution in [2.75, 3.05) is 6.54 Å². The summed E-state index contributed by atoms with van der Waals surface area (Å²) in [6.45, 7) is 0.100. The minimum atomic E-state index is -0.567. The number of carbonyl (C=O) groups excluding carboxylic acids is 1. The highest BCUT2D eigenvalue weighted by Crippen LogP contribution is 2.44. The Labute approximate surface area is 196 Å². The Morgan fingerprint density at radius 1 is 1.18 bits per heavy atom. The number of hydrogen-bond donors (Lipinski definition) is 1. The average Bonchev–Trinajstić information content (AvgIpc) is 3.11. The van der Waals surface area contributed by atoms with E-state index in [9.17, 15) is 14.8 Å². The first-order valence-corrected chi connectivity index (χ1v) is 11.8. The number of carbonyl (C=O) groups is 1. The SMILES string of the molecule is O=NCCC1c2c(cc(Cc3ccc(Cl)nc3)c3cccnc23)C(=O)N1[C@H]1CCCC[C@@H]1O. The predicted octanol–water partition coefficient (Wildman–Crippen LogP) is 4.83. The molecule has 1 saturated carbocycles. The lowest BCUT2D eigenvalue weighted by molar-refractivity contribution is 0.00636. The van der Waals surface area contributed by atoms with Crippen LogP contribution in [0, 0.1) is 4.91 Å². The molecule has 1 fully saturated rings. The van der Waals surface area contributed by atoms with E-state index < -0.39 is 6.10 Å². The first kappa shape index (κ1) is 21.9. The Hall–Kier alpha value is -2.90. The van der Waals surface area contributed by atoms with Gasteiger partial charge in [-0.25, -0.2) is 4.98 Å². The van der Waals surface area contributed by atoms with Gasteiger partial charge in [0.25, 0.3) is 5.91 Å². The summed E-state index contributed by atoms with van der Waals surface area (Å²) in [5.74, 6) is -0.102. The minimum Gasteiger partial charge on any atom is -0.391 e. The molecule has 0 saturated heterocycles. The Morgan fingerprint density at radius 2 is 2.03 bits per heavy atom. The standard InChI is InChI=1S/C25H25ClN4O3/c26-22-8-7-15(14-28-22)12-16-13-18-23(24-17(16)4-3-10-27-24)20(9-11-29-33)30(25(18)32)19-5-1-2-6-21(19)31/h3-4,7-8,10,13-14,19-21,31H,1-2,5-6,9,11-12H2/t19-,20?,21-/m0/s1. The molecular formula is C25H25ClN4O3. The summed E-state index contributed by atoms with van der Waals surface area (Å²) in [6, 6.07) is 8.94. The molecule has 3 aromatic rings. The van der Waals surface area contributed by atoms with Crippen molar-refractivity contribution in [3.8, 4) is 0 Å². The van der Waals surface area contributed by atoms with Crippen molar-refractivity contribution < 1.29 is 9.90 Å².